The Labute approximate surface area is 89.3 Å². The van der Waals surface area contributed by atoms with Gasteiger partial charge in [-0.15, -0.1) is 0 Å². The summed E-state index contributed by atoms with van der Waals surface area (Å²) in [5.74, 6) is 0. The fourth-order valence-corrected chi connectivity index (χ4v) is 7.01. The van der Waals surface area contributed by atoms with Crippen molar-refractivity contribution in [3.8, 4) is 0 Å². The number of nitrogens with zero attached hydrogens (tertiary/aromatic N) is 2. The van der Waals surface area contributed by atoms with Gasteiger partial charge < -0.3 is 0 Å². The molecule has 0 aromatic heterocycles. The van der Waals surface area contributed by atoms with Gasteiger partial charge in [-0.25, -0.2) is 0 Å². The molecule has 0 unspecified atom stereocenters. The second-order valence-corrected chi connectivity index (χ2v) is 26.1. The van der Waals surface area contributed by atoms with Crippen LogP contribution in [-0.4, -0.2) is 6.78 Å². The number of benzene rings is 1. The topological polar surface area (TPSA) is 24.7 Å². The fraction of sp³-hybridized carbons (Fsp3) is 0. The number of rotatable bonds is 0. The van der Waals surface area contributed by atoms with Crippen LogP contribution < -0.4 is 10.7 Å². The molecule has 58 valence electrons. The molecule has 0 aliphatic carbocycles. The summed E-state index contributed by atoms with van der Waals surface area (Å²) in [4.78, 5) is 0. The predicted molar refractivity (Wildman–Crippen MR) is 62.5 cm³/mol. The van der Waals surface area contributed by atoms with Crippen LogP contribution in [0.2, 0.25) is 0 Å². The Morgan fingerprint density at radius 3 is 1.91 bits per heavy atom. The van der Waals surface area contributed by atoms with E-state index in [9.17, 15) is 0 Å². The van der Waals surface area contributed by atoms with E-state index < -0.39 is 6.78 Å². The van der Waals surface area contributed by atoms with Gasteiger partial charge in [0.15, 0.2) is 0 Å². The van der Waals surface area contributed by atoms with Crippen LogP contribution in [0.4, 0.5) is 0 Å². The van der Waals surface area contributed by atoms with Crippen molar-refractivity contribution in [2.75, 3.05) is 0 Å². The summed E-state index contributed by atoms with van der Waals surface area (Å²) >= 11 is 4.74. The minimum atomic E-state index is -1.82. The van der Waals surface area contributed by atoms with Crippen molar-refractivity contribution in [2.24, 2.45) is 8.02 Å². The quantitative estimate of drug-likeness (QED) is 0.432. The zero-order chi connectivity index (χ0) is 7.90. The molecule has 0 spiro atoms. The summed E-state index contributed by atoms with van der Waals surface area (Å²) in [6.07, 6.45) is 0. The van der Waals surface area contributed by atoms with E-state index in [1.165, 1.54) is 0 Å². The second-order valence-electron chi connectivity index (χ2n) is 2.09. The van der Waals surface area contributed by atoms with Crippen LogP contribution in [0, 0.1) is 0 Å². The molecule has 1 aliphatic rings. The molecule has 11 heavy (non-hydrogen) atoms. The van der Waals surface area contributed by atoms with Crippen molar-refractivity contribution in [1.82, 2.24) is 0 Å². The first kappa shape index (κ1) is 8.40. The van der Waals surface area contributed by atoms with E-state index in [1.54, 1.807) is 0 Å². The van der Waals surface area contributed by atoms with Crippen molar-refractivity contribution < 1.29 is 0 Å². The summed E-state index contributed by atoms with van der Waals surface area (Å²) in [6.45, 7) is -1.82. The Kier molecular flexibility index (Phi) is 2.24. The summed E-state index contributed by atoms with van der Waals surface area (Å²) in [7, 11) is 0. The average Bonchev–Trinajstić information content (AvgIpc) is 2.21. The van der Waals surface area contributed by atoms with Crippen molar-refractivity contribution >= 4 is 47.5 Å². The number of hydrogen-bond acceptors (Lipinski definition) is 2. The molecular formula is C6H4I2N2Se. The van der Waals surface area contributed by atoms with Crippen LogP contribution in [0.25, 0.3) is 0 Å². The maximum atomic E-state index is 4.55. The van der Waals surface area contributed by atoms with E-state index in [0.29, 0.717) is 0 Å². The molecule has 5 heteroatoms. The Morgan fingerprint density at radius 1 is 1.00 bits per heavy atom. The van der Waals surface area contributed by atoms with Crippen LogP contribution in [0.1, 0.15) is 0 Å². The number of halogens is 2. The molecule has 2 nitrogen and oxygen atoms in total. The van der Waals surface area contributed by atoms with Crippen molar-refractivity contribution in [3.63, 3.8) is 0 Å². The molecular weight excluding hydrogens is 433 g/mol. The van der Waals surface area contributed by atoms with Crippen LogP contribution in [0.5, 0.6) is 0 Å². The van der Waals surface area contributed by atoms with Crippen LogP contribution in [0.3, 0.4) is 0 Å². The first-order chi connectivity index (χ1) is 5.17. The van der Waals surface area contributed by atoms with Gasteiger partial charge in [-0.05, 0) is 0 Å². The SMILES string of the molecule is I[Se]1(I)N=c2ccccc2=N1. The minimum absolute atomic E-state index is 1.07. The second kappa shape index (κ2) is 2.93. The van der Waals surface area contributed by atoms with Gasteiger partial charge in [0.05, 0.1) is 0 Å². The third-order valence-corrected chi connectivity index (χ3v) is 7.14. The maximum absolute atomic E-state index is 4.55. The van der Waals surface area contributed by atoms with Gasteiger partial charge >= 0.3 is 90.5 Å². The Balaban J connectivity index is 2.81. The standard InChI is InChI=1S/C6H4I2N2Se/c7-11(8)9-5-3-1-2-4-6(5)10-11/h1-4H. The molecule has 1 heterocycles. The molecule has 1 aromatic rings. The zero-order valence-corrected chi connectivity index (χ0v) is 11.4. The third kappa shape index (κ3) is 1.76. The monoisotopic (exact) mass is 438 g/mol. The van der Waals surface area contributed by atoms with Crippen LogP contribution in [-0.2, 0) is 0 Å². The first-order valence-electron chi connectivity index (χ1n) is 2.95. The molecule has 1 aromatic carbocycles. The summed E-state index contributed by atoms with van der Waals surface area (Å²) in [5.41, 5.74) is 0. The number of hydrogen-bond donors (Lipinski definition) is 0. The van der Waals surface area contributed by atoms with E-state index in [-0.39, 0.29) is 0 Å². The summed E-state index contributed by atoms with van der Waals surface area (Å²) in [5, 5.41) is 2.13. The summed E-state index contributed by atoms with van der Waals surface area (Å²) < 4.78 is 9.09. The van der Waals surface area contributed by atoms with E-state index in [4.69, 9.17) is 0 Å². The Morgan fingerprint density at radius 2 is 1.45 bits per heavy atom. The van der Waals surface area contributed by atoms with E-state index in [1.807, 2.05) is 24.3 Å². The molecule has 0 atom stereocenters. The van der Waals surface area contributed by atoms with Gasteiger partial charge in [0.25, 0.3) is 0 Å². The molecule has 0 radical (unpaired) electrons. The van der Waals surface area contributed by atoms with Gasteiger partial charge in [0.2, 0.25) is 0 Å². The van der Waals surface area contributed by atoms with Gasteiger partial charge in [0, 0.05) is 0 Å². The van der Waals surface area contributed by atoms with E-state index in [2.05, 4.69) is 48.7 Å². The molecule has 2 rings (SSSR count). The molecule has 0 N–H and O–H groups in total. The average molecular weight is 437 g/mol. The van der Waals surface area contributed by atoms with E-state index >= 15 is 0 Å². The zero-order valence-electron chi connectivity index (χ0n) is 5.37. The predicted octanol–water partition coefficient (Wildman–Crippen LogP) is 1.24. The van der Waals surface area contributed by atoms with Gasteiger partial charge in [-0.2, -0.15) is 0 Å². The molecule has 0 bridgehead atoms. The van der Waals surface area contributed by atoms with E-state index in [0.717, 1.165) is 10.7 Å². The molecule has 0 fully saturated rings. The van der Waals surface area contributed by atoms with Gasteiger partial charge in [-0.1, -0.05) is 0 Å². The Bertz CT molecular complexity index is 364. The normalized spacial score (nSPS) is 21.3. The molecule has 0 saturated carbocycles. The third-order valence-electron chi connectivity index (χ3n) is 1.30. The van der Waals surface area contributed by atoms with Crippen LogP contribution >= 0.6 is 40.7 Å². The molecule has 1 aliphatic heterocycles. The van der Waals surface area contributed by atoms with Gasteiger partial charge in [-0.3, -0.25) is 0 Å². The van der Waals surface area contributed by atoms with Crippen molar-refractivity contribution in [1.29, 1.82) is 0 Å². The molecule has 0 amide bonds. The first-order valence-corrected chi connectivity index (χ1v) is 14.9. The van der Waals surface area contributed by atoms with Crippen molar-refractivity contribution in [2.45, 2.75) is 0 Å². The Hall–Kier alpha value is 0.799. The molecule has 0 saturated heterocycles. The number of fused-ring (bicyclic) bond motifs is 1. The van der Waals surface area contributed by atoms with Crippen LogP contribution in [0.15, 0.2) is 32.3 Å². The fourth-order valence-electron chi connectivity index (χ4n) is 0.876. The van der Waals surface area contributed by atoms with Crippen molar-refractivity contribution in [3.05, 3.63) is 35.0 Å². The summed E-state index contributed by atoms with van der Waals surface area (Å²) in [6, 6.07) is 8.05. The van der Waals surface area contributed by atoms with Gasteiger partial charge in [0.1, 0.15) is 0 Å².